The lowest BCUT2D eigenvalue weighted by atomic mass is 10.1. The third-order valence-electron chi connectivity index (χ3n) is 3.67. The summed E-state index contributed by atoms with van der Waals surface area (Å²) < 4.78 is 49.8. The molecule has 1 aliphatic heterocycles. The molecule has 0 bridgehead atoms. The first-order chi connectivity index (χ1) is 12.5. The molecule has 0 atom stereocenters. The molecule has 132 valence electrons. The monoisotopic (exact) mass is 360 g/mol. The number of fused-ring (bicyclic) bond motifs is 1. The van der Waals surface area contributed by atoms with Gasteiger partial charge in [-0.05, 0) is 36.4 Å². The van der Waals surface area contributed by atoms with Crippen molar-refractivity contribution in [2.75, 3.05) is 12.1 Å². The highest BCUT2D eigenvalue weighted by Crippen LogP contribution is 2.36. The fourth-order valence-electron chi connectivity index (χ4n) is 2.48. The van der Waals surface area contributed by atoms with Gasteiger partial charge in [-0.3, -0.25) is 0 Å². The van der Waals surface area contributed by atoms with Crippen LogP contribution in [0.5, 0.6) is 11.5 Å². The fraction of sp³-hybridized carbons (Fsp3) is 0.118. The Balaban J connectivity index is 1.65. The van der Waals surface area contributed by atoms with Gasteiger partial charge in [0.05, 0.1) is 11.3 Å². The molecule has 2 aromatic heterocycles. The Morgan fingerprint density at radius 1 is 0.962 bits per heavy atom. The Morgan fingerprint density at radius 3 is 2.65 bits per heavy atom. The minimum absolute atomic E-state index is 0.00404. The van der Waals surface area contributed by atoms with Crippen LogP contribution in [0.15, 0.2) is 48.8 Å². The Bertz CT molecular complexity index is 963. The smallest absolute Gasteiger partial charge is 0.419 e. The number of halogens is 3. The number of nitrogens with zero attached hydrogens (tertiary/aromatic N) is 3. The largest absolute Gasteiger partial charge is 0.454 e. The summed E-state index contributed by atoms with van der Waals surface area (Å²) in [6, 6.07) is 9.08. The van der Waals surface area contributed by atoms with E-state index in [1.54, 1.807) is 24.3 Å². The SMILES string of the molecule is FC(F)(F)c1cccnc1Nc1nccc(-c2ccc3c(c2)OCO3)n1. The molecule has 26 heavy (non-hydrogen) atoms. The van der Waals surface area contributed by atoms with E-state index in [2.05, 4.69) is 20.3 Å². The van der Waals surface area contributed by atoms with E-state index in [4.69, 9.17) is 9.47 Å². The Kier molecular flexibility index (Phi) is 3.83. The molecular formula is C17H11F3N4O2. The molecule has 0 saturated carbocycles. The number of rotatable bonds is 3. The van der Waals surface area contributed by atoms with Crippen molar-refractivity contribution < 1.29 is 22.6 Å². The number of benzene rings is 1. The summed E-state index contributed by atoms with van der Waals surface area (Å²) in [7, 11) is 0. The normalized spacial score (nSPS) is 12.9. The van der Waals surface area contributed by atoms with Crippen LogP contribution < -0.4 is 14.8 Å². The first kappa shape index (κ1) is 16.1. The number of ether oxygens (including phenoxy) is 2. The first-order valence-corrected chi connectivity index (χ1v) is 7.53. The van der Waals surface area contributed by atoms with Crippen LogP contribution >= 0.6 is 0 Å². The second kappa shape index (κ2) is 6.17. The topological polar surface area (TPSA) is 69.2 Å². The van der Waals surface area contributed by atoms with Crippen LogP contribution in [0.25, 0.3) is 11.3 Å². The van der Waals surface area contributed by atoms with E-state index in [0.29, 0.717) is 17.2 Å². The van der Waals surface area contributed by atoms with Crippen LogP contribution in [0.4, 0.5) is 24.9 Å². The molecule has 3 heterocycles. The van der Waals surface area contributed by atoms with Gasteiger partial charge < -0.3 is 14.8 Å². The average Bonchev–Trinajstić information content (AvgIpc) is 3.09. The predicted octanol–water partition coefficient (Wildman–Crippen LogP) is 4.03. The van der Waals surface area contributed by atoms with Crippen molar-refractivity contribution in [2.24, 2.45) is 0 Å². The summed E-state index contributed by atoms with van der Waals surface area (Å²) in [6.07, 6.45) is -1.82. The van der Waals surface area contributed by atoms with Crippen LogP contribution in [0, 0.1) is 0 Å². The van der Waals surface area contributed by atoms with Crippen molar-refractivity contribution >= 4 is 11.8 Å². The van der Waals surface area contributed by atoms with Crippen LogP contribution in [-0.4, -0.2) is 21.7 Å². The second-order valence-corrected chi connectivity index (χ2v) is 5.36. The van der Waals surface area contributed by atoms with Gasteiger partial charge in [-0.25, -0.2) is 15.0 Å². The molecule has 9 heteroatoms. The lowest BCUT2D eigenvalue weighted by Gasteiger charge is -2.12. The quantitative estimate of drug-likeness (QED) is 0.761. The first-order valence-electron chi connectivity index (χ1n) is 7.53. The molecule has 0 radical (unpaired) electrons. The van der Waals surface area contributed by atoms with Crippen molar-refractivity contribution in [3.8, 4) is 22.8 Å². The van der Waals surface area contributed by atoms with Gasteiger partial charge in [-0.1, -0.05) is 0 Å². The molecule has 6 nitrogen and oxygen atoms in total. The molecule has 1 aromatic carbocycles. The highest BCUT2D eigenvalue weighted by molar-refractivity contribution is 5.66. The van der Waals surface area contributed by atoms with Crippen molar-refractivity contribution in [1.82, 2.24) is 15.0 Å². The van der Waals surface area contributed by atoms with Gasteiger partial charge in [0.2, 0.25) is 12.7 Å². The number of alkyl halides is 3. The van der Waals surface area contributed by atoms with Crippen LogP contribution in [0.2, 0.25) is 0 Å². The standard InChI is InChI=1S/C17H11F3N4O2/c18-17(19,20)11-2-1-6-21-15(11)24-16-22-7-5-12(23-16)10-3-4-13-14(8-10)26-9-25-13/h1-8H,9H2,(H,21,22,23,24). The Morgan fingerprint density at radius 2 is 1.81 bits per heavy atom. The fourth-order valence-corrected chi connectivity index (χ4v) is 2.48. The number of pyridine rings is 1. The molecule has 0 aliphatic carbocycles. The minimum atomic E-state index is -4.54. The van der Waals surface area contributed by atoms with Crippen molar-refractivity contribution in [1.29, 1.82) is 0 Å². The zero-order valence-electron chi connectivity index (χ0n) is 13.1. The lowest BCUT2D eigenvalue weighted by molar-refractivity contribution is -0.137. The second-order valence-electron chi connectivity index (χ2n) is 5.36. The van der Waals surface area contributed by atoms with Crippen LogP contribution in [0.3, 0.4) is 0 Å². The molecular weight excluding hydrogens is 349 g/mol. The molecule has 0 amide bonds. The minimum Gasteiger partial charge on any atom is -0.454 e. The zero-order valence-corrected chi connectivity index (χ0v) is 13.1. The maximum absolute atomic E-state index is 13.1. The van der Waals surface area contributed by atoms with Gasteiger partial charge >= 0.3 is 6.18 Å². The van der Waals surface area contributed by atoms with Gasteiger partial charge in [0, 0.05) is 18.0 Å². The van der Waals surface area contributed by atoms with Crippen molar-refractivity contribution in [2.45, 2.75) is 6.18 Å². The number of hydrogen-bond acceptors (Lipinski definition) is 6. The lowest BCUT2D eigenvalue weighted by Crippen LogP contribution is -2.11. The van der Waals surface area contributed by atoms with E-state index in [0.717, 1.165) is 11.6 Å². The van der Waals surface area contributed by atoms with Crippen molar-refractivity contribution in [3.05, 3.63) is 54.4 Å². The number of aromatic nitrogens is 3. The van der Waals surface area contributed by atoms with Crippen molar-refractivity contribution in [3.63, 3.8) is 0 Å². The van der Waals surface area contributed by atoms with E-state index in [9.17, 15) is 13.2 Å². The molecule has 1 N–H and O–H groups in total. The summed E-state index contributed by atoms with van der Waals surface area (Å²) in [5, 5.41) is 2.53. The third kappa shape index (κ3) is 3.10. The molecule has 3 aromatic rings. The van der Waals surface area contributed by atoms with Gasteiger partial charge in [-0.2, -0.15) is 13.2 Å². The molecule has 4 rings (SSSR count). The van der Waals surface area contributed by atoms with Gasteiger partial charge in [0.15, 0.2) is 11.5 Å². The number of nitrogens with one attached hydrogen (secondary N) is 1. The van der Waals surface area contributed by atoms with Gasteiger partial charge in [0.25, 0.3) is 0 Å². The molecule has 0 spiro atoms. The van der Waals surface area contributed by atoms with Crippen LogP contribution in [-0.2, 0) is 6.18 Å². The van der Waals surface area contributed by atoms with E-state index in [1.165, 1.54) is 18.5 Å². The highest BCUT2D eigenvalue weighted by atomic mass is 19.4. The Hall–Kier alpha value is -3.36. The molecule has 0 unspecified atom stereocenters. The third-order valence-corrected chi connectivity index (χ3v) is 3.67. The van der Waals surface area contributed by atoms with E-state index < -0.39 is 11.7 Å². The highest BCUT2D eigenvalue weighted by Gasteiger charge is 2.34. The predicted molar refractivity (Wildman–Crippen MR) is 86.1 cm³/mol. The van der Waals surface area contributed by atoms with E-state index in [-0.39, 0.29) is 18.6 Å². The summed E-state index contributed by atoms with van der Waals surface area (Å²) >= 11 is 0. The van der Waals surface area contributed by atoms with E-state index in [1.807, 2.05) is 0 Å². The summed E-state index contributed by atoms with van der Waals surface area (Å²) in [6.45, 7) is 0.148. The van der Waals surface area contributed by atoms with Gasteiger partial charge in [0.1, 0.15) is 5.82 Å². The molecule has 0 saturated heterocycles. The summed E-state index contributed by atoms with van der Waals surface area (Å²) in [5.74, 6) is 0.858. The summed E-state index contributed by atoms with van der Waals surface area (Å²) in [5.41, 5.74) is 0.346. The number of hydrogen-bond donors (Lipinski definition) is 1. The van der Waals surface area contributed by atoms with E-state index >= 15 is 0 Å². The van der Waals surface area contributed by atoms with Gasteiger partial charge in [-0.15, -0.1) is 0 Å². The molecule has 0 fully saturated rings. The van der Waals surface area contributed by atoms with Crippen LogP contribution in [0.1, 0.15) is 5.56 Å². The number of anilines is 2. The zero-order chi connectivity index (χ0) is 18.1. The Labute approximate surface area is 145 Å². The maximum atomic E-state index is 13.1. The summed E-state index contributed by atoms with van der Waals surface area (Å²) in [4.78, 5) is 12.0. The molecule has 1 aliphatic rings. The maximum Gasteiger partial charge on any atom is 0.419 e. The average molecular weight is 360 g/mol.